The maximum atomic E-state index is 12.4. The van der Waals surface area contributed by atoms with Gasteiger partial charge in [-0.1, -0.05) is 24.2 Å². The molecule has 1 aliphatic rings. The predicted octanol–water partition coefficient (Wildman–Crippen LogP) is 3.64. The Morgan fingerprint density at radius 3 is 2.61 bits per heavy atom. The molecule has 1 aromatic rings. The molecule has 0 bridgehead atoms. The van der Waals surface area contributed by atoms with E-state index in [0.717, 1.165) is 19.3 Å². The van der Waals surface area contributed by atoms with Gasteiger partial charge >= 0.3 is 6.18 Å². The summed E-state index contributed by atoms with van der Waals surface area (Å²) >= 11 is 2.34. The molecule has 0 spiro atoms. The highest BCUT2D eigenvalue weighted by atomic mass is 32.2. The maximum Gasteiger partial charge on any atom is 0.445 e. The van der Waals surface area contributed by atoms with Crippen LogP contribution in [-0.2, 0) is 6.18 Å². The van der Waals surface area contributed by atoms with Crippen molar-refractivity contribution in [1.29, 1.82) is 0 Å². The van der Waals surface area contributed by atoms with E-state index >= 15 is 0 Å². The molecule has 3 nitrogen and oxygen atoms in total. The normalized spacial score (nSPS) is 25.1. The predicted molar refractivity (Wildman–Crippen MR) is 68.1 cm³/mol. The third-order valence-electron chi connectivity index (χ3n) is 2.98. The fourth-order valence-corrected chi connectivity index (χ4v) is 3.71. The van der Waals surface area contributed by atoms with Crippen molar-refractivity contribution in [1.82, 2.24) is 10.2 Å². The lowest BCUT2D eigenvalue weighted by Crippen LogP contribution is -2.34. The molecule has 0 aromatic carbocycles. The molecule has 1 N–H and O–H groups in total. The van der Waals surface area contributed by atoms with Gasteiger partial charge in [-0.2, -0.15) is 24.9 Å². The van der Waals surface area contributed by atoms with E-state index in [0.29, 0.717) is 16.6 Å². The zero-order chi connectivity index (χ0) is 13.2. The molecule has 1 aromatic heterocycles. The van der Waals surface area contributed by atoms with Crippen molar-refractivity contribution >= 4 is 28.2 Å². The summed E-state index contributed by atoms with van der Waals surface area (Å²) in [5.74, 6) is 0. The van der Waals surface area contributed by atoms with Gasteiger partial charge in [0.05, 0.1) is 0 Å². The minimum atomic E-state index is -4.40. The van der Waals surface area contributed by atoms with Crippen LogP contribution in [0, 0.1) is 0 Å². The molecule has 1 saturated carbocycles. The summed E-state index contributed by atoms with van der Waals surface area (Å²) in [7, 11) is 0. The third-order valence-corrected chi connectivity index (χ3v) is 5.05. The summed E-state index contributed by atoms with van der Waals surface area (Å²) in [6.07, 6.45) is 2.01. The first-order chi connectivity index (χ1) is 8.50. The number of rotatable bonds is 3. The number of nitrogens with one attached hydrogen (secondary N) is 1. The Bertz CT molecular complexity index is 394. The van der Waals surface area contributed by atoms with Crippen molar-refractivity contribution in [2.75, 3.05) is 11.6 Å². The average molecular weight is 297 g/mol. The Balaban J connectivity index is 2.02. The molecular formula is C10H14F3N3S2. The number of hydrogen-bond acceptors (Lipinski definition) is 5. The monoisotopic (exact) mass is 297 g/mol. The lowest BCUT2D eigenvalue weighted by molar-refractivity contribution is -0.138. The quantitative estimate of drug-likeness (QED) is 0.924. The van der Waals surface area contributed by atoms with Crippen LogP contribution in [0.25, 0.3) is 0 Å². The van der Waals surface area contributed by atoms with Crippen LogP contribution in [0.5, 0.6) is 0 Å². The van der Waals surface area contributed by atoms with Crippen LogP contribution in [0.1, 0.15) is 30.7 Å². The van der Waals surface area contributed by atoms with E-state index in [9.17, 15) is 13.2 Å². The number of aromatic nitrogens is 2. The second-order valence-corrected chi connectivity index (χ2v) is 6.27. The lowest BCUT2D eigenvalue weighted by Gasteiger charge is -2.30. The average Bonchev–Trinajstić information content (AvgIpc) is 2.78. The van der Waals surface area contributed by atoms with Gasteiger partial charge in [-0.05, 0) is 19.1 Å². The van der Waals surface area contributed by atoms with Crippen LogP contribution in [0.2, 0.25) is 0 Å². The van der Waals surface area contributed by atoms with Crippen molar-refractivity contribution in [3.05, 3.63) is 5.01 Å². The highest BCUT2D eigenvalue weighted by Gasteiger charge is 2.36. The Morgan fingerprint density at radius 2 is 2.00 bits per heavy atom. The smallest absolute Gasteiger partial charge is 0.356 e. The molecule has 102 valence electrons. The number of nitrogens with zero attached hydrogens (tertiary/aromatic N) is 2. The molecule has 18 heavy (non-hydrogen) atoms. The maximum absolute atomic E-state index is 12.4. The van der Waals surface area contributed by atoms with Crippen molar-refractivity contribution in [2.45, 2.75) is 43.2 Å². The van der Waals surface area contributed by atoms with Crippen LogP contribution >= 0.6 is 23.1 Å². The minimum Gasteiger partial charge on any atom is -0.356 e. The van der Waals surface area contributed by atoms with E-state index < -0.39 is 11.2 Å². The van der Waals surface area contributed by atoms with Gasteiger partial charge in [-0.15, -0.1) is 10.2 Å². The zero-order valence-corrected chi connectivity index (χ0v) is 11.5. The van der Waals surface area contributed by atoms with Gasteiger partial charge in [0.2, 0.25) is 10.1 Å². The number of alkyl halides is 3. The van der Waals surface area contributed by atoms with E-state index in [4.69, 9.17) is 0 Å². The molecule has 8 heteroatoms. The van der Waals surface area contributed by atoms with Crippen LogP contribution in [0.4, 0.5) is 18.3 Å². The van der Waals surface area contributed by atoms with E-state index in [1.165, 1.54) is 6.42 Å². The number of anilines is 1. The Morgan fingerprint density at radius 1 is 1.28 bits per heavy atom. The Hall–Kier alpha value is -0.500. The van der Waals surface area contributed by atoms with Crippen molar-refractivity contribution in [3.8, 4) is 0 Å². The van der Waals surface area contributed by atoms with Gasteiger partial charge in [0.15, 0.2) is 0 Å². The van der Waals surface area contributed by atoms with Gasteiger partial charge in [0.25, 0.3) is 0 Å². The van der Waals surface area contributed by atoms with E-state index in [1.807, 2.05) is 6.26 Å². The molecule has 2 unspecified atom stereocenters. The minimum absolute atomic E-state index is 0.197. The van der Waals surface area contributed by atoms with Crippen molar-refractivity contribution < 1.29 is 13.2 Å². The first-order valence-electron chi connectivity index (χ1n) is 5.70. The molecule has 0 aliphatic heterocycles. The summed E-state index contributed by atoms with van der Waals surface area (Å²) in [5.41, 5.74) is 0. The first-order valence-corrected chi connectivity index (χ1v) is 7.81. The number of halogens is 3. The van der Waals surface area contributed by atoms with E-state index in [-0.39, 0.29) is 11.2 Å². The summed E-state index contributed by atoms with van der Waals surface area (Å²) in [4.78, 5) is 0. The molecule has 2 atom stereocenters. The second-order valence-electron chi connectivity index (χ2n) is 4.22. The topological polar surface area (TPSA) is 37.8 Å². The summed E-state index contributed by atoms with van der Waals surface area (Å²) in [5, 5.41) is 9.68. The summed E-state index contributed by atoms with van der Waals surface area (Å²) in [6, 6.07) is 0.197. The van der Waals surface area contributed by atoms with Crippen LogP contribution in [0.3, 0.4) is 0 Å². The Kier molecular flexibility index (Phi) is 4.37. The Labute approximate surface area is 112 Å². The largest absolute Gasteiger partial charge is 0.445 e. The third kappa shape index (κ3) is 3.28. The fourth-order valence-electron chi connectivity index (χ4n) is 2.10. The van der Waals surface area contributed by atoms with Crippen LogP contribution < -0.4 is 5.32 Å². The molecule has 1 fully saturated rings. The zero-order valence-electron chi connectivity index (χ0n) is 9.83. The van der Waals surface area contributed by atoms with Gasteiger partial charge in [0, 0.05) is 11.3 Å². The van der Waals surface area contributed by atoms with Crippen molar-refractivity contribution in [3.63, 3.8) is 0 Å². The van der Waals surface area contributed by atoms with Gasteiger partial charge < -0.3 is 5.32 Å². The SMILES string of the molecule is CSC1CCCCC1Nc1nnc(C(F)(F)F)s1. The van der Waals surface area contributed by atoms with Gasteiger partial charge in [0.1, 0.15) is 0 Å². The molecule has 0 saturated heterocycles. The van der Waals surface area contributed by atoms with E-state index in [2.05, 4.69) is 15.5 Å². The van der Waals surface area contributed by atoms with Crippen LogP contribution in [0.15, 0.2) is 0 Å². The molecule has 0 radical (unpaired) electrons. The highest BCUT2D eigenvalue weighted by molar-refractivity contribution is 7.99. The molecule has 1 heterocycles. The highest BCUT2D eigenvalue weighted by Crippen LogP contribution is 2.35. The van der Waals surface area contributed by atoms with Gasteiger partial charge in [-0.25, -0.2) is 0 Å². The van der Waals surface area contributed by atoms with Crippen molar-refractivity contribution in [2.24, 2.45) is 0 Å². The summed E-state index contributed by atoms with van der Waals surface area (Å²) in [6.45, 7) is 0. The lowest BCUT2D eigenvalue weighted by atomic mass is 9.95. The number of hydrogen-bond donors (Lipinski definition) is 1. The molecule has 0 amide bonds. The molecular weight excluding hydrogens is 283 g/mol. The second kappa shape index (κ2) is 5.64. The molecule has 2 rings (SSSR count). The summed E-state index contributed by atoms with van der Waals surface area (Å²) < 4.78 is 37.2. The molecule has 1 aliphatic carbocycles. The van der Waals surface area contributed by atoms with Gasteiger partial charge in [-0.3, -0.25) is 0 Å². The first kappa shape index (κ1) is 13.9. The number of thioether (sulfide) groups is 1. The standard InChI is InChI=1S/C10H14F3N3S2/c1-17-7-5-3-2-4-6(7)14-9-16-15-8(18-9)10(11,12)13/h6-7H,2-5H2,1H3,(H,14,16). The van der Waals surface area contributed by atoms with Crippen LogP contribution in [-0.4, -0.2) is 27.7 Å². The van der Waals surface area contributed by atoms with E-state index in [1.54, 1.807) is 11.8 Å². The fraction of sp³-hybridized carbons (Fsp3) is 0.800.